The first kappa shape index (κ1) is 16.6. The Kier molecular flexibility index (Phi) is 7.65. The van der Waals surface area contributed by atoms with Gasteiger partial charge in [0.15, 0.2) is 0 Å². The molecule has 0 atom stereocenters. The molecule has 0 spiro atoms. The van der Waals surface area contributed by atoms with E-state index in [-0.39, 0.29) is 12.6 Å². The van der Waals surface area contributed by atoms with E-state index in [1.807, 2.05) is 18.7 Å². The van der Waals surface area contributed by atoms with Crippen LogP contribution in [0.2, 0.25) is 0 Å². The molecule has 0 aromatic carbocycles. The minimum atomic E-state index is -4.26. The topological polar surface area (TPSA) is 38.5 Å². The summed E-state index contributed by atoms with van der Waals surface area (Å²) < 4.78 is 40.0. The Bertz CT molecular complexity index is 234. The third kappa shape index (κ3) is 10.5. The van der Waals surface area contributed by atoms with Gasteiger partial charge in [-0.15, -0.1) is 0 Å². The second-order valence-electron chi connectivity index (χ2n) is 4.01. The lowest BCUT2D eigenvalue weighted by Gasteiger charge is -2.26. The number of ether oxygens (including phenoxy) is 1. The summed E-state index contributed by atoms with van der Waals surface area (Å²) in [5.41, 5.74) is 5.38. The minimum Gasteiger partial charge on any atom is -0.393 e. The molecule has 0 aliphatic carbocycles. The fourth-order valence-electron chi connectivity index (χ4n) is 1.25. The maximum atomic E-state index is 11.8. The number of hydrogen-bond acceptors (Lipinski definition) is 3. The van der Waals surface area contributed by atoms with Crippen LogP contribution in [0, 0.1) is 0 Å². The summed E-state index contributed by atoms with van der Waals surface area (Å²) in [6.07, 6.45) is -3.70. The van der Waals surface area contributed by atoms with Crippen LogP contribution in [0.5, 0.6) is 0 Å². The molecule has 0 unspecified atom stereocenters. The number of rotatable bonds is 8. The molecule has 17 heavy (non-hydrogen) atoms. The molecule has 3 nitrogen and oxygen atoms in total. The minimum absolute atomic E-state index is 0.0506. The van der Waals surface area contributed by atoms with Crippen LogP contribution in [0.3, 0.4) is 0 Å². The van der Waals surface area contributed by atoms with Crippen molar-refractivity contribution in [3.8, 4) is 0 Å². The highest BCUT2D eigenvalue weighted by Gasteiger charge is 2.27. The Morgan fingerprint density at radius 3 is 2.35 bits per heavy atom. The highest BCUT2D eigenvalue weighted by atomic mass is 32.1. The third-order valence-corrected chi connectivity index (χ3v) is 2.37. The first-order valence-electron chi connectivity index (χ1n) is 5.39. The molecule has 0 fully saturated rings. The third-order valence-electron chi connectivity index (χ3n) is 2.16. The van der Waals surface area contributed by atoms with E-state index in [1.165, 1.54) is 0 Å². The van der Waals surface area contributed by atoms with Crippen molar-refractivity contribution in [2.24, 2.45) is 5.73 Å². The van der Waals surface area contributed by atoms with Gasteiger partial charge in [0.2, 0.25) is 0 Å². The van der Waals surface area contributed by atoms with Crippen LogP contribution < -0.4 is 5.73 Å². The van der Waals surface area contributed by atoms with Crippen LogP contribution in [0.4, 0.5) is 13.2 Å². The lowest BCUT2D eigenvalue weighted by atomic mass is 10.3. The highest BCUT2D eigenvalue weighted by molar-refractivity contribution is 7.80. The molecule has 0 rings (SSSR count). The number of alkyl halides is 3. The van der Waals surface area contributed by atoms with Gasteiger partial charge in [-0.05, 0) is 13.8 Å². The lowest BCUT2D eigenvalue weighted by Crippen LogP contribution is -2.36. The maximum Gasteiger partial charge on any atom is 0.411 e. The number of nitrogens with two attached hydrogens (primary N) is 1. The van der Waals surface area contributed by atoms with Crippen molar-refractivity contribution in [3.63, 3.8) is 0 Å². The van der Waals surface area contributed by atoms with Gasteiger partial charge < -0.3 is 10.5 Å². The Morgan fingerprint density at radius 1 is 1.35 bits per heavy atom. The number of nitrogens with zero attached hydrogens (tertiary/aromatic N) is 1. The van der Waals surface area contributed by atoms with Crippen molar-refractivity contribution in [3.05, 3.63) is 0 Å². The van der Waals surface area contributed by atoms with E-state index < -0.39 is 12.8 Å². The quantitative estimate of drug-likeness (QED) is 0.541. The molecule has 0 aliphatic heterocycles. The molecule has 0 amide bonds. The molecule has 0 radical (unpaired) electrons. The zero-order chi connectivity index (χ0) is 13.5. The van der Waals surface area contributed by atoms with Crippen molar-refractivity contribution in [1.82, 2.24) is 4.90 Å². The van der Waals surface area contributed by atoms with Crippen LogP contribution in [0.15, 0.2) is 0 Å². The molecule has 0 aliphatic rings. The lowest BCUT2D eigenvalue weighted by molar-refractivity contribution is -0.174. The van der Waals surface area contributed by atoms with E-state index in [0.717, 1.165) is 0 Å². The molecule has 7 heteroatoms. The standard InChI is InChI=1S/C10H19F3N2OS/c1-8(2)15(4-3-9(14)17)5-6-16-7-10(11,12)13/h8H,3-7H2,1-2H3,(H2,14,17). The fraction of sp³-hybridized carbons (Fsp3) is 0.900. The van der Waals surface area contributed by atoms with Gasteiger partial charge in [-0.2, -0.15) is 13.2 Å². The Balaban J connectivity index is 3.82. The van der Waals surface area contributed by atoms with Crippen molar-refractivity contribution in [1.29, 1.82) is 0 Å². The molecular weight excluding hydrogens is 253 g/mol. The van der Waals surface area contributed by atoms with Gasteiger partial charge in [0.25, 0.3) is 0 Å². The number of thiocarbonyl (C=S) groups is 1. The van der Waals surface area contributed by atoms with Gasteiger partial charge in [-0.3, -0.25) is 4.90 Å². The monoisotopic (exact) mass is 272 g/mol. The van der Waals surface area contributed by atoms with Gasteiger partial charge in [0, 0.05) is 25.6 Å². The molecule has 0 aromatic rings. The first-order valence-corrected chi connectivity index (χ1v) is 5.80. The zero-order valence-electron chi connectivity index (χ0n) is 10.1. The van der Waals surface area contributed by atoms with E-state index in [9.17, 15) is 13.2 Å². The van der Waals surface area contributed by atoms with Crippen molar-refractivity contribution in [2.45, 2.75) is 32.5 Å². The van der Waals surface area contributed by atoms with Crippen LogP contribution in [0.25, 0.3) is 0 Å². The van der Waals surface area contributed by atoms with Crippen LogP contribution in [-0.4, -0.2) is 48.4 Å². The Hall–Kier alpha value is -0.400. The summed E-state index contributed by atoms with van der Waals surface area (Å²) in [6.45, 7) is 3.86. The summed E-state index contributed by atoms with van der Waals surface area (Å²) in [4.78, 5) is 2.39. The number of halogens is 3. The molecule has 0 bridgehead atoms. The van der Waals surface area contributed by atoms with E-state index in [4.69, 9.17) is 18.0 Å². The zero-order valence-corrected chi connectivity index (χ0v) is 10.9. The summed E-state index contributed by atoms with van der Waals surface area (Å²) >= 11 is 4.76. The second kappa shape index (κ2) is 7.84. The predicted octanol–water partition coefficient (Wildman–Crippen LogP) is 1.95. The average molecular weight is 272 g/mol. The van der Waals surface area contributed by atoms with Gasteiger partial charge in [0.05, 0.1) is 11.6 Å². The van der Waals surface area contributed by atoms with Gasteiger partial charge >= 0.3 is 6.18 Å². The predicted molar refractivity (Wildman–Crippen MR) is 65.0 cm³/mol. The van der Waals surface area contributed by atoms with Crippen molar-refractivity contribution < 1.29 is 17.9 Å². The second-order valence-corrected chi connectivity index (χ2v) is 4.54. The first-order chi connectivity index (χ1) is 7.72. The normalized spacial score (nSPS) is 12.4. The molecule has 0 saturated heterocycles. The SMILES string of the molecule is CC(C)N(CCOCC(F)(F)F)CCC(N)=S. The van der Waals surface area contributed by atoms with Crippen LogP contribution in [-0.2, 0) is 4.74 Å². The average Bonchev–Trinajstić information content (AvgIpc) is 2.13. The van der Waals surface area contributed by atoms with Gasteiger partial charge in [-0.1, -0.05) is 12.2 Å². The molecule has 102 valence electrons. The number of hydrogen-bond donors (Lipinski definition) is 1. The molecule has 0 aromatic heterocycles. The van der Waals surface area contributed by atoms with E-state index >= 15 is 0 Å². The van der Waals surface area contributed by atoms with E-state index in [0.29, 0.717) is 24.5 Å². The Labute approximate surface area is 105 Å². The van der Waals surface area contributed by atoms with Crippen molar-refractivity contribution >= 4 is 17.2 Å². The molecule has 2 N–H and O–H groups in total. The summed E-state index contributed by atoms with van der Waals surface area (Å²) in [6, 6.07) is 0.221. The van der Waals surface area contributed by atoms with E-state index in [2.05, 4.69) is 4.74 Å². The highest BCUT2D eigenvalue weighted by Crippen LogP contribution is 2.14. The van der Waals surface area contributed by atoms with Crippen LogP contribution in [0.1, 0.15) is 20.3 Å². The van der Waals surface area contributed by atoms with Crippen LogP contribution >= 0.6 is 12.2 Å². The maximum absolute atomic E-state index is 11.8. The summed E-state index contributed by atoms with van der Waals surface area (Å²) in [5, 5.41) is 0. The smallest absolute Gasteiger partial charge is 0.393 e. The largest absolute Gasteiger partial charge is 0.411 e. The van der Waals surface area contributed by atoms with Gasteiger partial charge in [0.1, 0.15) is 6.61 Å². The summed E-state index contributed by atoms with van der Waals surface area (Å²) in [7, 11) is 0. The molecule has 0 heterocycles. The van der Waals surface area contributed by atoms with E-state index in [1.54, 1.807) is 0 Å². The van der Waals surface area contributed by atoms with Gasteiger partial charge in [-0.25, -0.2) is 0 Å². The Morgan fingerprint density at radius 2 is 1.94 bits per heavy atom. The summed E-state index contributed by atoms with van der Waals surface area (Å²) in [5.74, 6) is 0. The fourth-order valence-corrected chi connectivity index (χ4v) is 1.34. The molecule has 0 saturated carbocycles. The molecular formula is C10H19F3N2OS. The van der Waals surface area contributed by atoms with Crippen molar-refractivity contribution in [2.75, 3.05) is 26.3 Å².